The first-order chi connectivity index (χ1) is 7.06. The van der Waals surface area contributed by atoms with Gasteiger partial charge in [0.2, 0.25) is 0 Å². The summed E-state index contributed by atoms with van der Waals surface area (Å²) in [6, 6.07) is 4.18. The summed E-state index contributed by atoms with van der Waals surface area (Å²) in [4.78, 5) is 0. The Balaban J connectivity index is 2.96. The van der Waals surface area contributed by atoms with Gasteiger partial charge in [-0.2, -0.15) is 0 Å². The van der Waals surface area contributed by atoms with E-state index in [1.54, 1.807) is 19.2 Å². The molecule has 0 heterocycles. The van der Waals surface area contributed by atoms with Crippen LogP contribution in [-0.4, -0.2) is 7.05 Å². The maximum atomic E-state index is 13.5. The summed E-state index contributed by atoms with van der Waals surface area (Å²) in [5.41, 5.74) is 0.409. The van der Waals surface area contributed by atoms with Crippen LogP contribution in [0.2, 0.25) is 0 Å². The molecular weight excluding hydrogens is 196 g/mol. The maximum absolute atomic E-state index is 13.5. The molecule has 1 rings (SSSR count). The lowest BCUT2D eigenvalue weighted by molar-refractivity contribution is 0.424. The Bertz CT molecular complexity index is 323. The van der Waals surface area contributed by atoms with E-state index in [-0.39, 0.29) is 6.04 Å². The van der Waals surface area contributed by atoms with Gasteiger partial charge in [-0.3, -0.25) is 0 Å². The highest BCUT2D eigenvalue weighted by Crippen LogP contribution is 2.24. The lowest BCUT2D eigenvalue weighted by Crippen LogP contribution is -2.20. The highest BCUT2D eigenvalue weighted by atomic mass is 19.2. The molecule has 0 fully saturated rings. The van der Waals surface area contributed by atoms with Gasteiger partial charge in [-0.15, -0.1) is 0 Å². The van der Waals surface area contributed by atoms with Crippen molar-refractivity contribution in [3.05, 3.63) is 35.4 Å². The molecule has 1 unspecified atom stereocenters. The van der Waals surface area contributed by atoms with Crippen molar-refractivity contribution in [1.82, 2.24) is 5.32 Å². The molecule has 0 aliphatic rings. The summed E-state index contributed by atoms with van der Waals surface area (Å²) >= 11 is 0. The summed E-state index contributed by atoms with van der Waals surface area (Å²) in [5, 5.41) is 3.01. The fourth-order valence-electron chi connectivity index (χ4n) is 1.66. The third-order valence-corrected chi connectivity index (χ3v) is 2.41. The monoisotopic (exact) mass is 213 g/mol. The summed E-state index contributed by atoms with van der Waals surface area (Å²) in [7, 11) is 1.76. The van der Waals surface area contributed by atoms with Gasteiger partial charge in [0, 0.05) is 11.6 Å². The van der Waals surface area contributed by atoms with Crippen LogP contribution in [0.1, 0.15) is 31.9 Å². The Labute approximate surface area is 89.5 Å². The molecule has 0 saturated carbocycles. The standard InChI is InChI=1S/C12H17F2N/c1-8(2)7-11(15-3)9-5-4-6-10(13)12(9)14/h4-6,8,11,15H,7H2,1-3H3. The van der Waals surface area contributed by atoms with Crippen LogP contribution in [0.5, 0.6) is 0 Å². The van der Waals surface area contributed by atoms with E-state index in [0.29, 0.717) is 11.5 Å². The highest BCUT2D eigenvalue weighted by molar-refractivity contribution is 5.22. The van der Waals surface area contributed by atoms with E-state index in [9.17, 15) is 8.78 Å². The van der Waals surface area contributed by atoms with Crippen LogP contribution in [0.3, 0.4) is 0 Å². The molecule has 0 spiro atoms. The summed E-state index contributed by atoms with van der Waals surface area (Å²) < 4.78 is 26.5. The topological polar surface area (TPSA) is 12.0 Å². The Morgan fingerprint density at radius 1 is 1.27 bits per heavy atom. The summed E-state index contributed by atoms with van der Waals surface area (Å²) in [6.07, 6.45) is 0.789. The second-order valence-electron chi connectivity index (χ2n) is 4.11. The van der Waals surface area contributed by atoms with Crippen LogP contribution in [0.15, 0.2) is 18.2 Å². The molecule has 3 heteroatoms. The van der Waals surface area contributed by atoms with Crippen LogP contribution in [0.4, 0.5) is 8.78 Å². The minimum Gasteiger partial charge on any atom is -0.313 e. The van der Waals surface area contributed by atoms with Crippen molar-refractivity contribution in [3.8, 4) is 0 Å². The van der Waals surface area contributed by atoms with Crippen molar-refractivity contribution in [3.63, 3.8) is 0 Å². The number of nitrogens with one attached hydrogen (secondary N) is 1. The molecule has 0 amide bonds. The fraction of sp³-hybridized carbons (Fsp3) is 0.500. The Kier molecular flexibility index (Phi) is 4.21. The van der Waals surface area contributed by atoms with Gasteiger partial charge >= 0.3 is 0 Å². The Morgan fingerprint density at radius 2 is 1.93 bits per heavy atom. The predicted octanol–water partition coefficient (Wildman–Crippen LogP) is 3.27. The zero-order valence-corrected chi connectivity index (χ0v) is 9.35. The van der Waals surface area contributed by atoms with Gasteiger partial charge in [-0.1, -0.05) is 26.0 Å². The van der Waals surface area contributed by atoms with Crippen LogP contribution >= 0.6 is 0 Å². The molecule has 0 saturated heterocycles. The molecule has 0 radical (unpaired) electrons. The molecule has 15 heavy (non-hydrogen) atoms. The normalized spacial score (nSPS) is 13.2. The van der Waals surface area contributed by atoms with Crippen molar-refractivity contribution in [2.45, 2.75) is 26.3 Å². The predicted molar refractivity (Wildman–Crippen MR) is 57.6 cm³/mol. The molecule has 0 aliphatic heterocycles. The maximum Gasteiger partial charge on any atom is 0.163 e. The van der Waals surface area contributed by atoms with Gasteiger partial charge in [0.15, 0.2) is 11.6 Å². The average Bonchev–Trinajstić information content (AvgIpc) is 2.19. The molecule has 0 bridgehead atoms. The average molecular weight is 213 g/mol. The van der Waals surface area contributed by atoms with Crippen molar-refractivity contribution in [2.75, 3.05) is 7.05 Å². The van der Waals surface area contributed by atoms with E-state index in [0.717, 1.165) is 12.5 Å². The lowest BCUT2D eigenvalue weighted by Gasteiger charge is -2.19. The minimum absolute atomic E-state index is 0.124. The first kappa shape index (κ1) is 12.1. The largest absolute Gasteiger partial charge is 0.313 e. The number of hydrogen-bond donors (Lipinski definition) is 1. The van der Waals surface area contributed by atoms with E-state index >= 15 is 0 Å². The summed E-state index contributed by atoms with van der Waals surface area (Å²) in [6.45, 7) is 4.11. The van der Waals surface area contributed by atoms with E-state index in [4.69, 9.17) is 0 Å². The fourth-order valence-corrected chi connectivity index (χ4v) is 1.66. The van der Waals surface area contributed by atoms with Gasteiger partial charge in [-0.05, 0) is 25.5 Å². The quantitative estimate of drug-likeness (QED) is 0.809. The highest BCUT2D eigenvalue weighted by Gasteiger charge is 2.17. The van der Waals surface area contributed by atoms with Crippen molar-refractivity contribution in [1.29, 1.82) is 0 Å². The van der Waals surface area contributed by atoms with Crippen LogP contribution in [-0.2, 0) is 0 Å². The molecule has 1 nitrogen and oxygen atoms in total. The van der Waals surface area contributed by atoms with E-state index in [1.165, 1.54) is 0 Å². The molecule has 1 atom stereocenters. The Morgan fingerprint density at radius 3 is 2.47 bits per heavy atom. The molecular formula is C12H17F2N. The first-order valence-electron chi connectivity index (χ1n) is 5.17. The third-order valence-electron chi connectivity index (χ3n) is 2.41. The Hall–Kier alpha value is -0.960. The number of benzene rings is 1. The first-order valence-corrected chi connectivity index (χ1v) is 5.17. The second kappa shape index (κ2) is 5.21. The van der Waals surface area contributed by atoms with Crippen LogP contribution in [0, 0.1) is 17.6 Å². The molecule has 0 aliphatic carbocycles. The minimum atomic E-state index is -0.781. The lowest BCUT2D eigenvalue weighted by atomic mass is 9.97. The van der Waals surface area contributed by atoms with E-state index in [2.05, 4.69) is 19.2 Å². The van der Waals surface area contributed by atoms with Crippen LogP contribution in [0.25, 0.3) is 0 Å². The second-order valence-corrected chi connectivity index (χ2v) is 4.11. The van der Waals surface area contributed by atoms with Crippen molar-refractivity contribution >= 4 is 0 Å². The van der Waals surface area contributed by atoms with Gasteiger partial charge in [-0.25, -0.2) is 8.78 Å². The van der Waals surface area contributed by atoms with Gasteiger partial charge in [0.1, 0.15) is 0 Å². The third kappa shape index (κ3) is 2.99. The van der Waals surface area contributed by atoms with Crippen molar-refractivity contribution < 1.29 is 8.78 Å². The number of hydrogen-bond acceptors (Lipinski definition) is 1. The molecule has 1 aromatic rings. The zero-order valence-electron chi connectivity index (χ0n) is 9.35. The smallest absolute Gasteiger partial charge is 0.163 e. The zero-order chi connectivity index (χ0) is 11.4. The van der Waals surface area contributed by atoms with Crippen molar-refractivity contribution in [2.24, 2.45) is 5.92 Å². The SMILES string of the molecule is CNC(CC(C)C)c1cccc(F)c1F. The molecule has 1 aromatic carbocycles. The van der Waals surface area contributed by atoms with E-state index in [1.807, 2.05) is 0 Å². The van der Waals surface area contributed by atoms with Gasteiger partial charge in [0.05, 0.1) is 0 Å². The van der Waals surface area contributed by atoms with Gasteiger partial charge in [0.25, 0.3) is 0 Å². The molecule has 0 aromatic heterocycles. The van der Waals surface area contributed by atoms with Gasteiger partial charge < -0.3 is 5.32 Å². The van der Waals surface area contributed by atoms with Crippen LogP contribution < -0.4 is 5.32 Å². The number of halogens is 2. The summed E-state index contributed by atoms with van der Waals surface area (Å²) in [5.74, 6) is -1.08. The molecule has 84 valence electrons. The van der Waals surface area contributed by atoms with E-state index < -0.39 is 11.6 Å². The molecule has 1 N–H and O–H groups in total. The number of rotatable bonds is 4.